The second kappa shape index (κ2) is 23.2. The Morgan fingerprint density at radius 3 is 1.87 bits per heavy atom. The van der Waals surface area contributed by atoms with E-state index in [9.17, 15) is 55.7 Å². The molecule has 8 rings (SSSR count). The summed E-state index contributed by atoms with van der Waals surface area (Å²) in [5, 5.41) is 33.4. The van der Waals surface area contributed by atoms with Crippen LogP contribution >= 0.6 is 0 Å². The quantitative estimate of drug-likeness (QED) is 0.0352. The van der Waals surface area contributed by atoms with Crippen molar-refractivity contribution in [2.75, 3.05) is 44.9 Å². The van der Waals surface area contributed by atoms with Gasteiger partial charge in [0, 0.05) is 67.3 Å². The molecule has 24 heteroatoms. The third-order valence-electron chi connectivity index (χ3n) is 15.2. The van der Waals surface area contributed by atoms with Crippen LogP contribution in [0.1, 0.15) is 81.7 Å². The van der Waals surface area contributed by atoms with E-state index in [2.05, 4.69) is 42.2 Å². The predicted octanol–water partition coefficient (Wildman–Crippen LogP) is 6.19. The molecule has 3 saturated heterocycles. The van der Waals surface area contributed by atoms with Gasteiger partial charge in [0.1, 0.15) is 17.9 Å². The molecule has 1 aliphatic carbocycles. The van der Waals surface area contributed by atoms with Crippen LogP contribution in [0.3, 0.4) is 0 Å². The minimum Gasteiger partial charge on any atom is -0.465 e. The number of carbonyl (C=O) groups is 4. The van der Waals surface area contributed by atoms with Crippen LogP contribution in [-0.2, 0) is 32.0 Å². The highest BCUT2D eigenvalue weighted by Crippen LogP contribution is 2.42. The van der Waals surface area contributed by atoms with Crippen LogP contribution in [-0.4, -0.2) is 154 Å². The number of anilines is 1. The Bertz CT molecular complexity index is 2810. The van der Waals surface area contributed by atoms with Crippen LogP contribution in [0.25, 0.3) is 11.3 Å². The number of alkyl halides is 6. The molecule has 4 aromatic rings. The molecule has 3 aliphatic heterocycles. The number of nitrogens with zero attached hydrogens (tertiary/aromatic N) is 6. The number of aliphatic hydroxyl groups excluding tert-OH is 1. The Morgan fingerprint density at radius 1 is 0.756 bits per heavy atom. The van der Waals surface area contributed by atoms with Crippen molar-refractivity contribution < 1.29 is 65.2 Å². The maximum atomic E-state index is 14.6. The fourth-order valence-electron chi connectivity index (χ4n) is 9.97. The molecule has 4 aliphatic rings. The predicted molar refractivity (Wildman–Crippen MR) is 272 cm³/mol. The lowest BCUT2D eigenvalue weighted by Gasteiger charge is -2.47. The average Bonchev–Trinajstić information content (AvgIpc) is 4.07. The average molecular weight is 1100 g/mol. The van der Waals surface area contributed by atoms with Gasteiger partial charge in [-0.3, -0.25) is 24.6 Å². The number of hydrazine groups is 1. The van der Waals surface area contributed by atoms with E-state index in [-0.39, 0.29) is 13.0 Å². The van der Waals surface area contributed by atoms with Crippen molar-refractivity contribution in [1.82, 2.24) is 46.0 Å². The largest absolute Gasteiger partial charge is 0.465 e. The molecule has 5 heterocycles. The third-order valence-corrected chi connectivity index (χ3v) is 15.2. The van der Waals surface area contributed by atoms with Crippen LogP contribution < -0.4 is 26.3 Å². The molecule has 420 valence electrons. The maximum absolute atomic E-state index is 14.6. The van der Waals surface area contributed by atoms with Crippen molar-refractivity contribution >= 4 is 29.8 Å². The van der Waals surface area contributed by atoms with E-state index < -0.39 is 78.0 Å². The zero-order chi connectivity index (χ0) is 56.3. The molecule has 1 saturated carbocycles. The van der Waals surface area contributed by atoms with Crippen molar-refractivity contribution in [1.29, 1.82) is 0 Å². The topological polar surface area (TPSA) is 216 Å². The molecule has 0 radical (unpaired) electrons. The molecule has 4 amide bonds. The van der Waals surface area contributed by atoms with Gasteiger partial charge in [-0.05, 0) is 101 Å². The molecule has 2 aromatic heterocycles. The Morgan fingerprint density at radius 2 is 1.33 bits per heavy atom. The van der Waals surface area contributed by atoms with E-state index in [4.69, 9.17) is 9.72 Å². The number of rotatable bonds is 19. The van der Waals surface area contributed by atoms with Crippen molar-refractivity contribution in [2.45, 2.75) is 127 Å². The number of hydrogen-bond acceptors (Lipinski definition) is 12. The molecule has 4 fully saturated rings. The summed E-state index contributed by atoms with van der Waals surface area (Å²) in [6.45, 7) is 4.90. The number of methoxy groups -OCH3 is 1. The van der Waals surface area contributed by atoms with E-state index in [0.29, 0.717) is 85.4 Å². The maximum Gasteiger partial charge on any atom is 0.407 e. The Labute approximate surface area is 447 Å². The zero-order valence-electron chi connectivity index (χ0n) is 43.7. The molecule has 0 spiro atoms. The van der Waals surface area contributed by atoms with E-state index in [1.807, 2.05) is 34.4 Å². The Kier molecular flexibility index (Phi) is 17.0. The number of pyridine rings is 1. The van der Waals surface area contributed by atoms with E-state index in [1.54, 1.807) is 60.0 Å². The normalized spacial score (nSPS) is 19.6. The summed E-state index contributed by atoms with van der Waals surface area (Å²) in [6.07, 6.45) is -7.77. The highest BCUT2D eigenvalue weighted by atomic mass is 19.4. The Balaban J connectivity index is 1.04. The number of piperazine rings is 1. The number of amides is 4. The molecular formula is C54H64F6N10O8. The lowest BCUT2D eigenvalue weighted by Crippen LogP contribution is -2.63. The number of ether oxygens (including phenoxy) is 2. The van der Waals surface area contributed by atoms with Gasteiger partial charge in [-0.2, -0.15) is 31.4 Å². The number of benzene rings is 2. The van der Waals surface area contributed by atoms with Gasteiger partial charge in [0.25, 0.3) is 5.91 Å². The van der Waals surface area contributed by atoms with Crippen LogP contribution in [0.4, 0.5) is 41.7 Å². The van der Waals surface area contributed by atoms with Gasteiger partial charge in [-0.25, -0.2) is 19.6 Å². The van der Waals surface area contributed by atoms with Crippen molar-refractivity contribution in [3.8, 4) is 23.1 Å². The van der Waals surface area contributed by atoms with Crippen LogP contribution in [0, 0.1) is 22.7 Å². The lowest BCUT2D eigenvalue weighted by molar-refractivity contribution is -0.221. The summed E-state index contributed by atoms with van der Waals surface area (Å²) in [5.74, 6) is 4.20. The number of hydrogen-bond donors (Lipinski definition) is 6. The summed E-state index contributed by atoms with van der Waals surface area (Å²) in [4.78, 5) is 61.9. The van der Waals surface area contributed by atoms with Gasteiger partial charge in [-0.15, -0.1) is 0 Å². The molecule has 78 heavy (non-hydrogen) atoms. The first-order valence-electron chi connectivity index (χ1n) is 25.6. The number of halogens is 6. The van der Waals surface area contributed by atoms with Gasteiger partial charge in [0.05, 0.1) is 61.1 Å². The van der Waals surface area contributed by atoms with Gasteiger partial charge in [-0.1, -0.05) is 48.2 Å². The summed E-state index contributed by atoms with van der Waals surface area (Å²) in [6, 6.07) is 14.3. The highest BCUT2D eigenvalue weighted by Gasteiger charge is 2.57. The van der Waals surface area contributed by atoms with Crippen LogP contribution in [0.5, 0.6) is 0 Å². The molecular weight excluding hydrogens is 1030 g/mol. The molecule has 6 N–H and O–H groups in total. The van der Waals surface area contributed by atoms with Crippen molar-refractivity contribution in [2.24, 2.45) is 10.8 Å². The van der Waals surface area contributed by atoms with Gasteiger partial charge >= 0.3 is 24.5 Å². The summed E-state index contributed by atoms with van der Waals surface area (Å²) >= 11 is 0. The van der Waals surface area contributed by atoms with Gasteiger partial charge in [0.15, 0.2) is 0 Å². The number of carboxylic acid groups (broad SMARTS) is 1. The number of nitrogens with one attached hydrogen (secondary N) is 4. The van der Waals surface area contributed by atoms with Gasteiger partial charge in [0.2, 0.25) is 5.91 Å². The number of alkyl carbamates (subject to hydrolysis) is 1. The molecule has 2 aromatic carbocycles. The fraction of sp³-hybridized carbons (Fsp3) is 0.519. The third kappa shape index (κ3) is 13.3. The molecule has 6 atom stereocenters. The van der Waals surface area contributed by atoms with E-state index in [0.717, 1.165) is 69.9 Å². The summed E-state index contributed by atoms with van der Waals surface area (Å²) in [5.41, 5.74) is -0.145. The molecule has 2 bridgehead atoms. The van der Waals surface area contributed by atoms with Crippen molar-refractivity contribution in [3.05, 3.63) is 101 Å². The molecule has 18 nitrogen and oxygen atoms in total. The SMILES string of the molecule is COC(=O)NC(C(=O)NC(Cc1ccc(C#Cc2ccc(N3CC4CCC(C3)N4C3COC3)nc2)cc1)C(O)CN(Cc1ccc(-c2ccn(C3CC3)n2)cc1)NC(=O)C(NC(=O)O)C(C)(C)C(F)(F)F)C(C)(C)C(F)(F)F. The Hall–Kier alpha value is -6.94. The number of carbonyl (C=O) groups excluding carboxylic acids is 3. The number of fused-ring (bicyclic) bond motifs is 2. The minimum absolute atomic E-state index is 0.290. The van der Waals surface area contributed by atoms with Crippen molar-refractivity contribution in [3.63, 3.8) is 0 Å². The second-order valence-corrected chi connectivity index (χ2v) is 21.5. The number of aromatic nitrogens is 3. The summed E-state index contributed by atoms with van der Waals surface area (Å²) in [7, 11) is 0.891. The smallest absolute Gasteiger partial charge is 0.407 e. The summed E-state index contributed by atoms with van der Waals surface area (Å²) < 4.78 is 98.8. The number of aliphatic hydroxyl groups is 1. The zero-order valence-corrected chi connectivity index (χ0v) is 43.7. The first-order valence-corrected chi connectivity index (χ1v) is 25.6. The van der Waals surface area contributed by atoms with E-state index in [1.165, 1.54) is 0 Å². The second-order valence-electron chi connectivity index (χ2n) is 21.5. The standard InChI is InChI=1S/C54H64F6N10O8/c1-51(2,53(55,56)57)45(64-50(76)77-5)47(72)62-42(24-33-9-6-32(7-10-33)8-11-34-14-21-44(61-25-34)67-27-38-19-20-39(28-67)70(38)40-30-78-31-40)43(71)29-68(66-48(73)46(63-49(74)75)52(3,4)54(58,59)60)26-35-12-15-36(16-13-35)41-22-23-69(65-41)37-17-18-37/h6-7,9-10,12-16,21-23,25,37-40,42-43,45-46,63,71H,17-20,24,26-31H2,1-5H3,(H,62,72)(H,64,76)(H,66,73)(H,74,75). The monoisotopic (exact) mass is 1090 g/mol. The first kappa shape index (κ1) is 57.2. The van der Waals surface area contributed by atoms with Gasteiger partial charge < -0.3 is 40.5 Å². The fourth-order valence-corrected chi connectivity index (χ4v) is 9.97. The highest BCUT2D eigenvalue weighted by molar-refractivity contribution is 5.87. The first-order chi connectivity index (χ1) is 36.8. The van der Waals surface area contributed by atoms with Crippen LogP contribution in [0.15, 0.2) is 79.1 Å². The lowest BCUT2D eigenvalue weighted by atomic mass is 9.82. The molecule has 6 unspecified atom stereocenters. The van der Waals surface area contributed by atoms with E-state index >= 15 is 0 Å². The minimum atomic E-state index is -5.11. The van der Waals surface area contributed by atoms with Crippen LogP contribution in [0.2, 0.25) is 0 Å².